The summed E-state index contributed by atoms with van der Waals surface area (Å²) in [5.74, 6) is -0.990. The minimum absolute atomic E-state index is 0.0597. The minimum atomic E-state index is -0.625. The Bertz CT molecular complexity index is 806. The van der Waals surface area contributed by atoms with Crippen molar-refractivity contribution in [2.24, 2.45) is 5.92 Å². The highest BCUT2D eigenvalue weighted by Crippen LogP contribution is 2.27. The second-order valence-corrected chi connectivity index (χ2v) is 7.54. The summed E-state index contributed by atoms with van der Waals surface area (Å²) in [5, 5.41) is 11.9. The SMILES string of the molecule is N#CC1CCCN1C(=O)[C@@H]1C[C@@H](CC(=O)N2Cc3ccccc3C2)C(=O)N1. The molecule has 0 aliphatic carbocycles. The van der Waals surface area contributed by atoms with E-state index in [0.29, 0.717) is 32.5 Å². The highest BCUT2D eigenvalue weighted by molar-refractivity contribution is 5.94. The molecule has 1 N–H and O–H groups in total. The van der Waals surface area contributed by atoms with E-state index in [1.165, 1.54) is 0 Å². The number of carbonyl (C=O) groups excluding carboxylic acids is 3. The number of carbonyl (C=O) groups is 3. The summed E-state index contributed by atoms with van der Waals surface area (Å²) in [7, 11) is 0. The van der Waals surface area contributed by atoms with Gasteiger partial charge in [0.25, 0.3) is 0 Å². The fourth-order valence-electron chi connectivity index (χ4n) is 4.29. The Morgan fingerprint density at radius 2 is 1.93 bits per heavy atom. The quantitative estimate of drug-likeness (QED) is 0.861. The van der Waals surface area contributed by atoms with Crippen molar-refractivity contribution in [1.29, 1.82) is 5.26 Å². The van der Waals surface area contributed by atoms with Gasteiger partial charge in [-0.1, -0.05) is 24.3 Å². The van der Waals surface area contributed by atoms with Crippen LogP contribution in [0.15, 0.2) is 24.3 Å². The van der Waals surface area contributed by atoms with Gasteiger partial charge in [-0.25, -0.2) is 0 Å². The number of amides is 3. The molecule has 0 spiro atoms. The van der Waals surface area contributed by atoms with Crippen molar-refractivity contribution in [2.45, 2.75) is 50.9 Å². The number of likely N-dealkylation sites (tertiary alicyclic amines) is 1. The maximum atomic E-state index is 12.7. The summed E-state index contributed by atoms with van der Waals surface area (Å²) in [4.78, 5) is 40.9. The van der Waals surface area contributed by atoms with Gasteiger partial charge in [-0.05, 0) is 30.4 Å². The van der Waals surface area contributed by atoms with Gasteiger partial charge in [-0.15, -0.1) is 0 Å². The van der Waals surface area contributed by atoms with E-state index in [9.17, 15) is 14.4 Å². The van der Waals surface area contributed by atoms with E-state index in [0.717, 1.165) is 17.5 Å². The van der Waals surface area contributed by atoms with Crippen molar-refractivity contribution in [3.05, 3.63) is 35.4 Å². The van der Waals surface area contributed by atoms with E-state index in [2.05, 4.69) is 11.4 Å². The molecule has 2 fully saturated rings. The van der Waals surface area contributed by atoms with Crippen LogP contribution in [-0.2, 0) is 27.5 Å². The maximum Gasteiger partial charge on any atom is 0.246 e. The number of hydrogen-bond acceptors (Lipinski definition) is 4. The van der Waals surface area contributed by atoms with Gasteiger partial charge in [0.1, 0.15) is 12.1 Å². The van der Waals surface area contributed by atoms with Crippen LogP contribution in [0.2, 0.25) is 0 Å². The molecule has 3 aliphatic heterocycles. The fourth-order valence-corrected chi connectivity index (χ4v) is 4.29. The average molecular weight is 366 g/mol. The second kappa shape index (κ2) is 7.03. The standard InChI is InChI=1S/C20H22N4O3/c21-10-16-6-3-7-24(16)20(27)17-8-15(19(26)22-17)9-18(25)23-11-13-4-1-2-5-14(13)12-23/h1-2,4-5,15-17H,3,6-9,11-12H2,(H,22,26)/t15-,16?,17-/m0/s1. The molecule has 7 nitrogen and oxygen atoms in total. The van der Waals surface area contributed by atoms with Gasteiger partial charge in [0.15, 0.2) is 0 Å². The Hall–Kier alpha value is -2.88. The van der Waals surface area contributed by atoms with Crippen LogP contribution in [0.5, 0.6) is 0 Å². The molecule has 0 aromatic heterocycles. The highest BCUT2D eigenvalue weighted by Gasteiger charge is 2.42. The molecule has 1 aromatic rings. The van der Waals surface area contributed by atoms with Crippen LogP contribution in [0, 0.1) is 17.2 Å². The van der Waals surface area contributed by atoms with Gasteiger partial charge < -0.3 is 15.1 Å². The Morgan fingerprint density at radius 1 is 1.22 bits per heavy atom. The lowest BCUT2D eigenvalue weighted by Crippen LogP contribution is -2.46. The Labute approximate surface area is 157 Å². The zero-order chi connectivity index (χ0) is 19.0. The molecule has 0 saturated carbocycles. The van der Waals surface area contributed by atoms with Crippen LogP contribution in [-0.4, -0.2) is 46.1 Å². The number of fused-ring (bicyclic) bond motifs is 1. The number of benzene rings is 1. The molecular weight excluding hydrogens is 344 g/mol. The zero-order valence-corrected chi connectivity index (χ0v) is 15.1. The second-order valence-electron chi connectivity index (χ2n) is 7.54. The first-order chi connectivity index (χ1) is 13.1. The minimum Gasteiger partial charge on any atom is -0.344 e. The van der Waals surface area contributed by atoms with Crippen LogP contribution in [0.1, 0.15) is 36.8 Å². The molecule has 1 unspecified atom stereocenters. The van der Waals surface area contributed by atoms with Gasteiger partial charge in [0.05, 0.1) is 6.07 Å². The number of rotatable bonds is 3. The summed E-state index contributed by atoms with van der Waals surface area (Å²) >= 11 is 0. The molecule has 0 radical (unpaired) electrons. The van der Waals surface area contributed by atoms with E-state index in [4.69, 9.17) is 5.26 Å². The lowest BCUT2D eigenvalue weighted by Gasteiger charge is -2.23. The molecule has 2 saturated heterocycles. The van der Waals surface area contributed by atoms with Crippen molar-refractivity contribution >= 4 is 17.7 Å². The van der Waals surface area contributed by atoms with Crippen molar-refractivity contribution in [2.75, 3.05) is 6.54 Å². The fraction of sp³-hybridized carbons (Fsp3) is 0.500. The van der Waals surface area contributed by atoms with Crippen molar-refractivity contribution in [1.82, 2.24) is 15.1 Å². The molecule has 4 rings (SSSR count). The highest BCUT2D eigenvalue weighted by atomic mass is 16.2. The first-order valence-electron chi connectivity index (χ1n) is 9.42. The van der Waals surface area contributed by atoms with E-state index in [1.807, 2.05) is 24.3 Å². The third kappa shape index (κ3) is 3.27. The molecule has 1 aromatic carbocycles. The van der Waals surface area contributed by atoms with E-state index in [-0.39, 0.29) is 24.1 Å². The van der Waals surface area contributed by atoms with Gasteiger partial charge in [-0.3, -0.25) is 14.4 Å². The predicted molar refractivity (Wildman–Crippen MR) is 95.7 cm³/mol. The third-order valence-electron chi connectivity index (χ3n) is 5.81. The van der Waals surface area contributed by atoms with Crippen LogP contribution >= 0.6 is 0 Å². The summed E-state index contributed by atoms with van der Waals surface area (Å²) in [5.41, 5.74) is 2.29. The number of nitrogens with zero attached hydrogens (tertiary/aromatic N) is 3. The third-order valence-corrected chi connectivity index (χ3v) is 5.81. The van der Waals surface area contributed by atoms with Crippen LogP contribution < -0.4 is 5.32 Å². The zero-order valence-electron chi connectivity index (χ0n) is 15.1. The Morgan fingerprint density at radius 3 is 2.59 bits per heavy atom. The molecule has 0 bridgehead atoms. The van der Waals surface area contributed by atoms with Crippen LogP contribution in [0.25, 0.3) is 0 Å². The Kier molecular flexibility index (Phi) is 4.56. The normalized spacial score (nSPS) is 26.6. The molecular formula is C20H22N4O3. The molecule has 3 amide bonds. The van der Waals surface area contributed by atoms with Crippen LogP contribution in [0.3, 0.4) is 0 Å². The number of hydrogen-bond donors (Lipinski definition) is 1. The predicted octanol–water partition coefficient (Wildman–Crippen LogP) is 0.938. The lowest BCUT2D eigenvalue weighted by molar-refractivity contribution is -0.135. The summed E-state index contributed by atoms with van der Waals surface area (Å²) in [6.45, 7) is 1.70. The monoisotopic (exact) mass is 366 g/mol. The van der Waals surface area contributed by atoms with Crippen LogP contribution in [0.4, 0.5) is 0 Å². The smallest absolute Gasteiger partial charge is 0.246 e. The topological polar surface area (TPSA) is 93.5 Å². The van der Waals surface area contributed by atoms with Crippen molar-refractivity contribution in [3.63, 3.8) is 0 Å². The maximum absolute atomic E-state index is 12.7. The van der Waals surface area contributed by atoms with Gasteiger partial charge in [0.2, 0.25) is 17.7 Å². The van der Waals surface area contributed by atoms with E-state index in [1.54, 1.807) is 9.80 Å². The van der Waals surface area contributed by atoms with Crippen molar-refractivity contribution in [3.8, 4) is 6.07 Å². The summed E-state index contributed by atoms with van der Waals surface area (Å²) in [6.07, 6.45) is 1.92. The van der Waals surface area contributed by atoms with Gasteiger partial charge >= 0.3 is 0 Å². The molecule has 3 heterocycles. The molecule has 140 valence electrons. The molecule has 27 heavy (non-hydrogen) atoms. The first-order valence-corrected chi connectivity index (χ1v) is 9.42. The number of nitriles is 1. The molecule has 3 aliphatic rings. The Balaban J connectivity index is 1.35. The van der Waals surface area contributed by atoms with E-state index < -0.39 is 18.0 Å². The average Bonchev–Trinajstić information content (AvgIpc) is 3.39. The number of nitrogens with one attached hydrogen (secondary N) is 1. The first kappa shape index (κ1) is 17.5. The van der Waals surface area contributed by atoms with E-state index >= 15 is 0 Å². The molecule has 3 atom stereocenters. The summed E-state index contributed by atoms with van der Waals surface area (Å²) in [6, 6.07) is 9.07. The molecule has 7 heteroatoms. The lowest BCUT2D eigenvalue weighted by atomic mass is 9.99. The van der Waals surface area contributed by atoms with Gasteiger partial charge in [0, 0.05) is 32.0 Å². The van der Waals surface area contributed by atoms with Gasteiger partial charge in [-0.2, -0.15) is 5.26 Å². The largest absolute Gasteiger partial charge is 0.344 e. The summed E-state index contributed by atoms with van der Waals surface area (Å²) < 4.78 is 0. The van der Waals surface area contributed by atoms with Crippen molar-refractivity contribution < 1.29 is 14.4 Å².